The van der Waals surface area contributed by atoms with Gasteiger partial charge in [-0.05, 0) is 117 Å². The lowest BCUT2D eigenvalue weighted by Gasteiger charge is -2.35. The SMILES string of the molecule is Cc1cc(Oc2cccc(F)c2)ccc1-n1ncc(C(=O)C2=Cc3cc(F)c(C4CCN(C(C)C)CC4)cc3C2)c1N. The summed E-state index contributed by atoms with van der Waals surface area (Å²) >= 11 is 0. The summed E-state index contributed by atoms with van der Waals surface area (Å²) in [4.78, 5) is 16.0. The van der Waals surface area contributed by atoms with Gasteiger partial charge in [0, 0.05) is 24.1 Å². The topological polar surface area (TPSA) is 73.4 Å². The minimum absolute atomic E-state index is 0.188. The second kappa shape index (κ2) is 11.2. The quantitative estimate of drug-likeness (QED) is 0.238. The van der Waals surface area contributed by atoms with Crippen molar-refractivity contribution in [3.63, 3.8) is 0 Å². The molecule has 0 atom stereocenters. The first-order valence-corrected chi connectivity index (χ1v) is 14.4. The molecule has 1 fully saturated rings. The van der Waals surface area contributed by atoms with Crippen molar-refractivity contribution in [1.82, 2.24) is 14.7 Å². The fourth-order valence-electron chi connectivity index (χ4n) is 6.06. The Kier molecular flexibility index (Phi) is 7.41. The van der Waals surface area contributed by atoms with Gasteiger partial charge < -0.3 is 15.4 Å². The summed E-state index contributed by atoms with van der Waals surface area (Å²) in [7, 11) is 0. The number of carbonyl (C=O) groups is 1. The highest BCUT2D eigenvalue weighted by Gasteiger charge is 2.28. The molecule has 0 radical (unpaired) electrons. The molecule has 6 nitrogen and oxygen atoms in total. The molecule has 6 rings (SSSR count). The number of rotatable bonds is 7. The van der Waals surface area contributed by atoms with Crippen molar-refractivity contribution < 1.29 is 18.3 Å². The third-order valence-corrected chi connectivity index (χ3v) is 8.44. The molecule has 2 N–H and O–H groups in total. The van der Waals surface area contributed by atoms with E-state index in [1.165, 1.54) is 23.0 Å². The predicted molar refractivity (Wildman–Crippen MR) is 160 cm³/mol. The van der Waals surface area contributed by atoms with Crippen LogP contribution in [0.3, 0.4) is 0 Å². The van der Waals surface area contributed by atoms with E-state index in [0.29, 0.717) is 40.8 Å². The molecule has 4 aromatic rings. The maximum absolute atomic E-state index is 15.2. The van der Waals surface area contributed by atoms with E-state index in [2.05, 4.69) is 23.8 Å². The van der Waals surface area contributed by atoms with Gasteiger partial charge >= 0.3 is 0 Å². The molecule has 1 aliphatic heterocycles. The summed E-state index contributed by atoms with van der Waals surface area (Å²) in [6, 6.07) is 15.3. The van der Waals surface area contributed by atoms with Crippen LogP contribution < -0.4 is 10.5 Å². The van der Waals surface area contributed by atoms with Crippen molar-refractivity contribution in [2.75, 3.05) is 18.8 Å². The minimum atomic E-state index is -0.379. The Morgan fingerprint density at radius 2 is 1.81 bits per heavy atom. The molecule has 0 bridgehead atoms. The number of ether oxygens (including phenoxy) is 1. The van der Waals surface area contributed by atoms with Crippen LogP contribution in [0.1, 0.15) is 65.2 Å². The van der Waals surface area contributed by atoms with Crippen molar-refractivity contribution >= 4 is 17.7 Å². The van der Waals surface area contributed by atoms with E-state index >= 15 is 4.39 Å². The Hall–Kier alpha value is -4.30. The van der Waals surface area contributed by atoms with E-state index in [1.54, 1.807) is 42.5 Å². The number of benzene rings is 3. The van der Waals surface area contributed by atoms with Crippen LogP contribution >= 0.6 is 0 Å². The predicted octanol–water partition coefficient (Wildman–Crippen LogP) is 7.24. The first-order valence-electron chi connectivity index (χ1n) is 14.4. The van der Waals surface area contributed by atoms with Gasteiger partial charge in [0.1, 0.15) is 29.0 Å². The molecule has 3 aromatic carbocycles. The van der Waals surface area contributed by atoms with E-state index in [4.69, 9.17) is 10.5 Å². The fraction of sp³-hybridized carbons (Fsp3) is 0.294. The number of anilines is 1. The zero-order valence-corrected chi connectivity index (χ0v) is 24.0. The number of hydrogen-bond acceptors (Lipinski definition) is 5. The lowest BCUT2D eigenvalue weighted by Crippen LogP contribution is -2.38. The fourth-order valence-corrected chi connectivity index (χ4v) is 6.06. The van der Waals surface area contributed by atoms with Crippen molar-refractivity contribution in [3.8, 4) is 17.2 Å². The van der Waals surface area contributed by atoms with Gasteiger partial charge in [-0.25, -0.2) is 13.5 Å². The molecule has 1 saturated heterocycles. The average molecular weight is 569 g/mol. The van der Waals surface area contributed by atoms with Crippen LogP contribution in [0.4, 0.5) is 14.6 Å². The first-order chi connectivity index (χ1) is 20.2. The zero-order valence-electron chi connectivity index (χ0n) is 24.0. The van der Waals surface area contributed by atoms with Crippen LogP contribution in [0.2, 0.25) is 0 Å². The monoisotopic (exact) mass is 568 g/mol. The van der Waals surface area contributed by atoms with Crippen LogP contribution in [0.15, 0.2) is 66.4 Å². The van der Waals surface area contributed by atoms with Gasteiger partial charge in [-0.2, -0.15) is 5.10 Å². The Bertz CT molecular complexity index is 1700. The van der Waals surface area contributed by atoms with Crippen molar-refractivity contribution in [2.24, 2.45) is 0 Å². The van der Waals surface area contributed by atoms with Gasteiger partial charge in [0.2, 0.25) is 0 Å². The second-order valence-corrected chi connectivity index (χ2v) is 11.5. The maximum atomic E-state index is 15.2. The van der Waals surface area contributed by atoms with Crippen LogP contribution in [0.5, 0.6) is 11.5 Å². The molecular formula is C34H34F2N4O2. The Balaban J connectivity index is 1.18. The number of aryl methyl sites for hydroxylation is 1. The van der Waals surface area contributed by atoms with Crippen LogP contribution in [-0.4, -0.2) is 39.6 Å². The molecular weight excluding hydrogens is 534 g/mol. The van der Waals surface area contributed by atoms with Gasteiger partial charge in [0.25, 0.3) is 0 Å². The van der Waals surface area contributed by atoms with Gasteiger partial charge in [0.05, 0.1) is 17.4 Å². The molecule has 216 valence electrons. The number of nitrogens with two attached hydrogens (primary N) is 1. The second-order valence-electron chi connectivity index (χ2n) is 11.5. The van der Waals surface area contributed by atoms with Crippen molar-refractivity contribution in [1.29, 1.82) is 0 Å². The number of hydrogen-bond donors (Lipinski definition) is 1. The van der Waals surface area contributed by atoms with E-state index in [0.717, 1.165) is 48.2 Å². The number of carbonyl (C=O) groups excluding carboxylic acids is 1. The number of Topliss-reactive ketones (excluding diaryl/α,β-unsaturated/α-hetero) is 1. The lowest BCUT2D eigenvalue weighted by molar-refractivity contribution is 0.103. The van der Waals surface area contributed by atoms with Gasteiger partial charge in [-0.1, -0.05) is 12.1 Å². The standard InChI is InChI=1S/C34H34F2N4O2/c1-20(2)39-11-9-22(10-12-39)29-16-23-14-25(15-24(23)17-31(29)36)33(41)30-19-38-40(34(30)37)32-8-7-28(13-21(32)3)42-27-6-4-5-26(35)18-27/h4-8,13,15-20,22H,9-12,14,37H2,1-3H3. The average Bonchev–Trinajstić information content (AvgIpc) is 3.55. The zero-order chi connectivity index (χ0) is 29.5. The molecule has 0 saturated carbocycles. The molecule has 1 aromatic heterocycles. The van der Waals surface area contributed by atoms with Gasteiger partial charge in [-0.3, -0.25) is 4.79 Å². The first kappa shape index (κ1) is 27.8. The molecule has 0 unspecified atom stereocenters. The molecule has 8 heteroatoms. The number of piperidine rings is 1. The molecule has 1 aliphatic carbocycles. The summed E-state index contributed by atoms with van der Waals surface area (Å²) < 4.78 is 36.0. The van der Waals surface area contributed by atoms with E-state index < -0.39 is 0 Å². The van der Waals surface area contributed by atoms with Gasteiger partial charge in [-0.15, -0.1) is 0 Å². The molecule has 42 heavy (non-hydrogen) atoms. The van der Waals surface area contributed by atoms with E-state index in [1.807, 2.05) is 13.0 Å². The summed E-state index contributed by atoms with van der Waals surface area (Å²) in [5.41, 5.74) is 11.3. The highest BCUT2D eigenvalue weighted by atomic mass is 19.1. The number of likely N-dealkylation sites (tertiary alicyclic amines) is 1. The number of nitrogens with zero attached hydrogens (tertiary/aromatic N) is 3. The van der Waals surface area contributed by atoms with Crippen molar-refractivity contribution in [3.05, 3.63) is 106 Å². The van der Waals surface area contributed by atoms with Crippen LogP contribution in [0, 0.1) is 18.6 Å². The molecule has 2 heterocycles. The summed E-state index contributed by atoms with van der Waals surface area (Å²) in [5.74, 6) is 0.545. The number of allylic oxidation sites excluding steroid dienone is 1. The number of fused-ring (bicyclic) bond motifs is 1. The minimum Gasteiger partial charge on any atom is -0.457 e. The number of aromatic nitrogens is 2. The van der Waals surface area contributed by atoms with Gasteiger partial charge in [0.15, 0.2) is 5.78 Å². The number of halogens is 2. The Morgan fingerprint density at radius 1 is 1.05 bits per heavy atom. The third-order valence-electron chi connectivity index (χ3n) is 8.44. The molecule has 0 amide bonds. The lowest BCUT2D eigenvalue weighted by atomic mass is 9.87. The highest BCUT2D eigenvalue weighted by Crippen LogP contribution is 2.36. The smallest absolute Gasteiger partial charge is 0.194 e. The Morgan fingerprint density at radius 3 is 2.52 bits per heavy atom. The van der Waals surface area contributed by atoms with Crippen LogP contribution in [-0.2, 0) is 6.42 Å². The largest absolute Gasteiger partial charge is 0.457 e. The maximum Gasteiger partial charge on any atom is 0.194 e. The van der Waals surface area contributed by atoms with Crippen LogP contribution in [0.25, 0.3) is 11.8 Å². The summed E-state index contributed by atoms with van der Waals surface area (Å²) in [6.45, 7) is 8.20. The van der Waals surface area contributed by atoms with E-state index in [9.17, 15) is 9.18 Å². The van der Waals surface area contributed by atoms with E-state index in [-0.39, 0.29) is 29.2 Å². The summed E-state index contributed by atoms with van der Waals surface area (Å²) in [6.07, 6.45) is 5.54. The highest BCUT2D eigenvalue weighted by molar-refractivity contribution is 6.15. The number of ketones is 1. The number of nitrogen functional groups attached to an aromatic ring is 1. The van der Waals surface area contributed by atoms with Crippen molar-refractivity contribution in [2.45, 2.75) is 52.0 Å². The Labute approximate surface area is 244 Å². The summed E-state index contributed by atoms with van der Waals surface area (Å²) in [5, 5.41) is 4.41. The molecule has 2 aliphatic rings. The third kappa shape index (κ3) is 5.34. The normalized spacial score (nSPS) is 15.6. The molecule has 0 spiro atoms.